The van der Waals surface area contributed by atoms with Gasteiger partial charge in [-0.1, -0.05) is 47.6 Å². The molecule has 2 aromatic carbocycles. The van der Waals surface area contributed by atoms with Gasteiger partial charge in [0, 0.05) is 6.54 Å². The Morgan fingerprint density at radius 3 is 2.78 bits per heavy atom. The van der Waals surface area contributed by atoms with Crippen LogP contribution in [-0.2, 0) is 4.79 Å². The molecule has 0 aliphatic carbocycles. The van der Waals surface area contributed by atoms with Crippen LogP contribution in [0.2, 0.25) is 5.02 Å². The fourth-order valence-corrected chi connectivity index (χ4v) is 5.29. The van der Waals surface area contributed by atoms with Gasteiger partial charge in [-0.2, -0.15) is 0 Å². The van der Waals surface area contributed by atoms with Crippen LogP contribution >= 0.6 is 34.7 Å². The standard InChI is InChI=1S/C17H13ClN2OS2/c18-11-5-1-3-7-13(11)20-10-9-15(16(20)21)23-17-19-12-6-2-4-8-14(12)22-17/h1-8,15H,9-10H2. The molecule has 1 aromatic heterocycles. The molecular weight excluding hydrogens is 348 g/mol. The first-order chi connectivity index (χ1) is 11.2. The molecule has 2 heterocycles. The summed E-state index contributed by atoms with van der Waals surface area (Å²) in [6.07, 6.45) is 0.810. The van der Waals surface area contributed by atoms with Crippen molar-refractivity contribution in [2.75, 3.05) is 11.4 Å². The van der Waals surface area contributed by atoms with Gasteiger partial charge in [0.25, 0.3) is 0 Å². The van der Waals surface area contributed by atoms with Crippen LogP contribution in [0.5, 0.6) is 0 Å². The first-order valence-electron chi connectivity index (χ1n) is 7.30. The Morgan fingerprint density at radius 2 is 1.96 bits per heavy atom. The van der Waals surface area contributed by atoms with E-state index in [0.717, 1.165) is 26.7 Å². The summed E-state index contributed by atoms with van der Waals surface area (Å²) in [7, 11) is 0. The van der Waals surface area contributed by atoms with E-state index in [0.29, 0.717) is 11.6 Å². The van der Waals surface area contributed by atoms with Gasteiger partial charge in [0.2, 0.25) is 5.91 Å². The third-order valence-corrected chi connectivity index (χ3v) is 6.52. The van der Waals surface area contributed by atoms with Crippen molar-refractivity contribution in [2.45, 2.75) is 16.0 Å². The number of hydrogen-bond acceptors (Lipinski definition) is 4. The van der Waals surface area contributed by atoms with Gasteiger partial charge in [-0.3, -0.25) is 4.79 Å². The molecule has 0 spiro atoms. The normalized spacial score (nSPS) is 18.0. The van der Waals surface area contributed by atoms with Crippen LogP contribution < -0.4 is 4.90 Å². The van der Waals surface area contributed by atoms with Crippen LogP contribution in [-0.4, -0.2) is 22.7 Å². The third-order valence-electron chi connectivity index (χ3n) is 3.82. The van der Waals surface area contributed by atoms with Crippen molar-refractivity contribution in [3.63, 3.8) is 0 Å². The summed E-state index contributed by atoms with van der Waals surface area (Å²) >= 11 is 9.42. The Hall–Kier alpha value is -1.56. The summed E-state index contributed by atoms with van der Waals surface area (Å²) in [6.45, 7) is 0.700. The van der Waals surface area contributed by atoms with E-state index in [-0.39, 0.29) is 11.2 Å². The number of carbonyl (C=O) groups is 1. The number of hydrogen-bond donors (Lipinski definition) is 0. The smallest absolute Gasteiger partial charge is 0.240 e. The molecule has 116 valence electrons. The second-order valence-corrected chi connectivity index (χ2v) is 8.17. The second-order valence-electron chi connectivity index (χ2n) is 5.28. The molecule has 3 aromatic rings. The molecule has 4 rings (SSSR count). The highest BCUT2D eigenvalue weighted by atomic mass is 35.5. The molecule has 0 N–H and O–H groups in total. The lowest BCUT2D eigenvalue weighted by atomic mass is 10.3. The van der Waals surface area contributed by atoms with Crippen molar-refractivity contribution >= 4 is 56.5 Å². The molecule has 1 unspecified atom stereocenters. The zero-order chi connectivity index (χ0) is 15.8. The van der Waals surface area contributed by atoms with Gasteiger partial charge in [0.15, 0.2) is 4.34 Å². The number of nitrogens with zero attached hydrogens (tertiary/aromatic N) is 2. The molecule has 0 bridgehead atoms. The van der Waals surface area contributed by atoms with Gasteiger partial charge >= 0.3 is 0 Å². The topological polar surface area (TPSA) is 33.2 Å². The van der Waals surface area contributed by atoms with E-state index < -0.39 is 0 Å². The molecule has 23 heavy (non-hydrogen) atoms. The van der Waals surface area contributed by atoms with Crippen molar-refractivity contribution in [3.8, 4) is 0 Å². The highest BCUT2D eigenvalue weighted by Crippen LogP contribution is 2.38. The Labute approximate surface area is 147 Å². The van der Waals surface area contributed by atoms with Crippen LogP contribution in [0.4, 0.5) is 5.69 Å². The van der Waals surface area contributed by atoms with Crippen molar-refractivity contribution in [3.05, 3.63) is 53.6 Å². The molecule has 1 saturated heterocycles. The number of thioether (sulfide) groups is 1. The van der Waals surface area contributed by atoms with E-state index in [9.17, 15) is 4.79 Å². The number of amides is 1. The zero-order valence-corrected chi connectivity index (χ0v) is 14.5. The number of rotatable bonds is 3. The maximum Gasteiger partial charge on any atom is 0.240 e. The molecule has 3 nitrogen and oxygen atoms in total. The average molecular weight is 361 g/mol. The number of thiazole rings is 1. The minimum absolute atomic E-state index is 0.0909. The van der Waals surface area contributed by atoms with Gasteiger partial charge < -0.3 is 4.90 Å². The summed E-state index contributed by atoms with van der Waals surface area (Å²) in [4.78, 5) is 19.1. The maximum atomic E-state index is 12.7. The second kappa shape index (κ2) is 6.15. The first kappa shape index (κ1) is 15.0. The van der Waals surface area contributed by atoms with Gasteiger partial charge in [-0.05, 0) is 30.7 Å². The average Bonchev–Trinajstić information content (AvgIpc) is 3.12. The number of anilines is 1. The summed E-state index contributed by atoms with van der Waals surface area (Å²) in [5, 5.41) is 0.526. The van der Waals surface area contributed by atoms with Crippen molar-refractivity contribution in [1.82, 2.24) is 4.98 Å². The predicted molar refractivity (Wildman–Crippen MR) is 97.7 cm³/mol. The Morgan fingerprint density at radius 1 is 1.17 bits per heavy atom. The van der Waals surface area contributed by atoms with E-state index >= 15 is 0 Å². The maximum absolute atomic E-state index is 12.7. The molecule has 1 fully saturated rings. The largest absolute Gasteiger partial charge is 0.310 e. The Balaban J connectivity index is 1.55. The molecule has 0 saturated carbocycles. The molecule has 0 radical (unpaired) electrons. The molecular formula is C17H13ClN2OS2. The van der Waals surface area contributed by atoms with Crippen LogP contribution in [0.1, 0.15) is 6.42 Å². The van der Waals surface area contributed by atoms with E-state index in [1.54, 1.807) is 28.0 Å². The molecule has 1 atom stereocenters. The van der Waals surface area contributed by atoms with Crippen LogP contribution in [0.25, 0.3) is 10.2 Å². The van der Waals surface area contributed by atoms with Gasteiger partial charge in [-0.15, -0.1) is 11.3 Å². The summed E-state index contributed by atoms with van der Waals surface area (Å²) in [5.74, 6) is 0.113. The lowest BCUT2D eigenvalue weighted by Gasteiger charge is -2.17. The fourth-order valence-electron chi connectivity index (χ4n) is 2.70. The van der Waals surface area contributed by atoms with Crippen LogP contribution in [0.3, 0.4) is 0 Å². The van der Waals surface area contributed by atoms with Crippen LogP contribution in [0, 0.1) is 0 Å². The molecule has 1 amide bonds. The predicted octanol–water partition coefficient (Wildman–Crippen LogP) is 4.85. The lowest BCUT2D eigenvalue weighted by molar-refractivity contribution is -0.116. The minimum atomic E-state index is -0.0909. The number of aromatic nitrogens is 1. The third kappa shape index (κ3) is 2.84. The Kier molecular flexibility index (Phi) is 4.01. The van der Waals surface area contributed by atoms with E-state index in [1.807, 2.05) is 42.5 Å². The molecule has 6 heteroatoms. The monoisotopic (exact) mass is 360 g/mol. The van der Waals surface area contributed by atoms with Gasteiger partial charge in [0.1, 0.15) is 0 Å². The van der Waals surface area contributed by atoms with Crippen molar-refractivity contribution in [1.29, 1.82) is 0 Å². The lowest BCUT2D eigenvalue weighted by Crippen LogP contribution is -2.28. The number of benzene rings is 2. The highest BCUT2D eigenvalue weighted by Gasteiger charge is 2.34. The van der Waals surface area contributed by atoms with E-state index in [4.69, 9.17) is 11.6 Å². The van der Waals surface area contributed by atoms with Crippen molar-refractivity contribution in [2.24, 2.45) is 0 Å². The number of halogens is 1. The molecule has 1 aliphatic heterocycles. The van der Waals surface area contributed by atoms with Gasteiger partial charge in [0.05, 0.1) is 26.2 Å². The quantitative estimate of drug-likeness (QED) is 0.669. The van der Waals surface area contributed by atoms with E-state index in [2.05, 4.69) is 11.1 Å². The Bertz CT molecular complexity index is 847. The summed E-state index contributed by atoms with van der Waals surface area (Å²) < 4.78 is 2.11. The fraction of sp³-hybridized carbons (Fsp3) is 0.176. The van der Waals surface area contributed by atoms with Gasteiger partial charge in [-0.25, -0.2) is 4.98 Å². The SMILES string of the molecule is O=C1C(Sc2nc3ccccc3s2)CCN1c1ccccc1Cl. The van der Waals surface area contributed by atoms with E-state index in [1.165, 1.54) is 0 Å². The first-order valence-corrected chi connectivity index (χ1v) is 9.38. The molecule has 1 aliphatic rings. The van der Waals surface area contributed by atoms with Crippen molar-refractivity contribution < 1.29 is 4.79 Å². The minimum Gasteiger partial charge on any atom is -0.310 e. The summed E-state index contributed by atoms with van der Waals surface area (Å²) in [5.41, 5.74) is 1.79. The zero-order valence-electron chi connectivity index (χ0n) is 12.1. The summed E-state index contributed by atoms with van der Waals surface area (Å²) in [6, 6.07) is 15.5. The number of carbonyl (C=O) groups excluding carboxylic acids is 1. The number of para-hydroxylation sites is 2. The number of fused-ring (bicyclic) bond motifs is 1. The van der Waals surface area contributed by atoms with Crippen LogP contribution in [0.15, 0.2) is 52.9 Å². The highest BCUT2D eigenvalue weighted by molar-refractivity contribution is 8.02.